The molecule has 4 aromatic carbocycles. The maximum Gasteiger partial charge on any atom is 0.338 e. The Labute approximate surface area is 365 Å². The van der Waals surface area contributed by atoms with E-state index in [0.717, 1.165) is 43.2 Å². The summed E-state index contributed by atoms with van der Waals surface area (Å²) in [5.74, 6) is -1.85. The Kier molecular flexibility index (Phi) is 18.1. The number of rotatable bonds is 21. The molecular formula is C50H60O12. The van der Waals surface area contributed by atoms with Crippen LogP contribution in [0.5, 0.6) is 0 Å². The van der Waals surface area contributed by atoms with Gasteiger partial charge in [-0.2, -0.15) is 0 Å². The molecule has 2 fully saturated rings. The van der Waals surface area contributed by atoms with E-state index in [4.69, 9.17) is 42.6 Å². The lowest BCUT2D eigenvalue weighted by atomic mass is 9.96. The molecule has 12 heteroatoms. The molecular weight excluding hydrogens is 793 g/mol. The Morgan fingerprint density at radius 2 is 0.919 bits per heavy atom. The van der Waals surface area contributed by atoms with Crippen molar-refractivity contribution in [3.63, 3.8) is 0 Å². The third-order valence-corrected chi connectivity index (χ3v) is 10.9. The molecule has 0 saturated carbocycles. The SMILES string of the molecule is CCCCCCCCO[C@@H]1O[C@@H](C)[C@@H](OC(=O)c2ccccc2)[C@@H](O[C@@H]2O[C@@H](C)[C@@H](OC(=O)c3ccccc3)[C@@H](OC(C)=O)[C@@H]2OCc2ccccc2)[C@@H]1OCc1ccccc1. The summed E-state index contributed by atoms with van der Waals surface area (Å²) in [5.41, 5.74) is 2.37. The van der Waals surface area contributed by atoms with Gasteiger partial charge in [-0.25, -0.2) is 9.59 Å². The van der Waals surface area contributed by atoms with Crippen molar-refractivity contribution in [1.29, 1.82) is 0 Å². The standard InChI is InChI=1S/C50H60O12/c1-5-6-7-8-9-22-31-54-49-45(55-32-37-23-14-10-15-24-37)44(42(34(2)57-49)61-48(53)40-29-20-13-21-30-40)62-50-46(56-33-38-25-16-11-17-26-38)43(59-36(4)51)41(35(3)58-50)60-47(52)39-27-18-12-19-28-39/h10-21,23-30,34-35,41-46,49-50H,5-9,22,31-33H2,1-4H3/t34-,35-,41+,42+,43+,44+,45-,46-,49+,50-/m0/s1. The minimum Gasteiger partial charge on any atom is -0.455 e. The molecule has 10 atom stereocenters. The minimum absolute atomic E-state index is 0.0642. The topological polar surface area (TPSA) is 134 Å². The van der Waals surface area contributed by atoms with Crippen LogP contribution in [0, 0.1) is 0 Å². The zero-order valence-corrected chi connectivity index (χ0v) is 36.1. The predicted octanol–water partition coefficient (Wildman–Crippen LogP) is 8.79. The van der Waals surface area contributed by atoms with Gasteiger partial charge in [-0.3, -0.25) is 4.79 Å². The van der Waals surface area contributed by atoms with Crippen molar-refractivity contribution >= 4 is 17.9 Å². The quantitative estimate of drug-likeness (QED) is 0.0451. The highest BCUT2D eigenvalue weighted by Gasteiger charge is 2.55. The van der Waals surface area contributed by atoms with Gasteiger partial charge in [-0.1, -0.05) is 136 Å². The summed E-state index contributed by atoms with van der Waals surface area (Å²) in [4.78, 5) is 40.2. The Morgan fingerprint density at radius 1 is 0.484 bits per heavy atom. The van der Waals surface area contributed by atoms with Crippen molar-refractivity contribution < 1.29 is 57.0 Å². The molecule has 0 bridgehead atoms. The molecule has 2 saturated heterocycles. The van der Waals surface area contributed by atoms with Crippen molar-refractivity contribution in [3.8, 4) is 0 Å². The van der Waals surface area contributed by atoms with Crippen LogP contribution in [-0.4, -0.2) is 85.9 Å². The summed E-state index contributed by atoms with van der Waals surface area (Å²) < 4.78 is 58.3. The fourth-order valence-electron chi connectivity index (χ4n) is 7.65. The summed E-state index contributed by atoms with van der Waals surface area (Å²) in [5, 5.41) is 0. The van der Waals surface area contributed by atoms with Crippen molar-refractivity contribution in [1.82, 2.24) is 0 Å². The Balaban J connectivity index is 1.36. The molecule has 0 unspecified atom stereocenters. The Hall–Kier alpha value is -4.95. The molecule has 0 N–H and O–H groups in total. The van der Waals surface area contributed by atoms with Crippen LogP contribution in [-0.2, 0) is 60.6 Å². The number of ether oxygens (including phenoxy) is 9. The Morgan fingerprint density at radius 3 is 1.42 bits per heavy atom. The largest absolute Gasteiger partial charge is 0.455 e. The lowest BCUT2D eigenvalue weighted by Crippen LogP contribution is -2.65. The minimum atomic E-state index is -1.28. The van der Waals surface area contributed by atoms with Crippen LogP contribution in [0.2, 0.25) is 0 Å². The highest BCUT2D eigenvalue weighted by atomic mass is 16.8. The summed E-state index contributed by atoms with van der Waals surface area (Å²) in [6.07, 6.45) is -3.96. The Bertz CT molecular complexity index is 1930. The molecule has 12 nitrogen and oxygen atoms in total. The van der Waals surface area contributed by atoms with Gasteiger partial charge in [0.2, 0.25) is 0 Å². The van der Waals surface area contributed by atoms with Gasteiger partial charge in [0.1, 0.15) is 18.3 Å². The van der Waals surface area contributed by atoms with E-state index in [1.165, 1.54) is 13.3 Å². The molecule has 2 aliphatic heterocycles. The van der Waals surface area contributed by atoms with Crippen LogP contribution in [0.1, 0.15) is 98.1 Å². The maximum atomic E-state index is 13.8. The van der Waals surface area contributed by atoms with E-state index >= 15 is 0 Å². The molecule has 4 aromatic rings. The number of hydrogen-bond donors (Lipinski definition) is 0. The van der Waals surface area contributed by atoms with Crippen molar-refractivity contribution in [2.24, 2.45) is 0 Å². The van der Waals surface area contributed by atoms with E-state index in [-0.39, 0.29) is 13.2 Å². The third-order valence-electron chi connectivity index (χ3n) is 10.9. The first kappa shape index (κ1) is 46.6. The smallest absolute Gasteiger partial charge is 0.338 e. The number of hydrogen-bond acceptors (Lipinski definition) is 12. The van der Waals surface area contributed by atoms with Crippen molar-refractivity contribution in [2.75, 3.05) is 6.61 Å². The van der Waals surface area contributed by atoms with Crippen LogP contribution < -0.4 is 0 Å². The molecule has 0 spiro atoms. The predicted molar refractivity (Wildman–Crippen MR) is 230 cm³/mol. The van der Waals surface area contributed by atoms with Crippen LogP contribution in [0.4, 0.5) is 0 Å². The van der Waals surface area contributed by atoms with Crippen molar-refractivity contribution in [3.05, 3.63) is 144 Å². The summed E-state index contributed by atoms with van der Waals surface area (Å²) in [7, 11) is 0. The summed E-state index contributed by atoms with van der Waals surface area (Å²) in [6, 6.07) is 36.3. The molecule has 0 amide bonds. The van der Waals surface area contributed by atoms with E-state index in [0.29, 0.717) is 17.7 Å². The van der Waals surface area contributed by atoms with Crippen molar-refractivity contribution in [2.45, 2.75) is 141 Å². The van der Waals surface area contributed by atoms with Gasteiger partial charge in [0.15, 0.2) is 30.9 Å². The number of carbonyl (C=O) groups excluding carboxylic acids is 3. The first-order valence-corrected chi connectivity index (χ1v) is 21.8. The van der Waals surface area contributed by atoms with Gasteiger partial charge in [0.25, 0.3) is 0 Å². The van der Waals surface area contributed by atoms with Gasteiger partial charge >= 0.3 is 17.9 Å². The lowest BCUT2D eigenvalue weighted by Gasteiger charge is -2.49. The van der Waals surface area contributed by atoms with Gasteiger partial charge < -0.3 is 42.6 Å². The van der Waals surface area contributed by atoms with Gasteiger partial charge in [-0.15, -0.1) is 0 Å². The van der Waals surface area contributed by atoms with Crippen LogP contribution in [0.15, 0.2) is 121 Å². The van der Waals surface area contributed by atoms with Crippen LogP contribution >= 0.6 is 0 Å². The fraction of sp³-hybridized carbons (Fsp3) is 0.460. The average molecular weight is 853 g/mol. The van der Waals surface area contributed by atoms with Crippen LogP contribution in [0.3, 0.4) is 0 Å². The van der Waals surface area contributed by atoms with Gasteiger partial charge in [0, 0.05) is 13.5 Å². The second-order valence-electron chi connectivity index (χ2n) is 15.7. The van der Waals surface area contributed by atoms with Gasteiger partial charge in [0.05, 0.1) is 36.5 Å². The van der Waals surface area contributed by atoms with E-state index in [2.05, 4.69) is 6.92 Å². The number of esters is 3. The zero-order chi connectivity index (χ0) is 43.7. The number of unbranched alkanes of at least 4 members (excludes halogenated alkanes) is 5. The van der Waals surface area contributed by atoms with Crippen LogP contribution in [0.25, 0.3) is 0 Å². The summed E-state index contributed by atoms with van der Waals surface area (Å²) in [6.45, 7) is 7.59. The molecule has 332 valence electrons. The first-order chi connectivity index (χ1) is 30.2. The molecule has 0 aliphatic carbocycles. The number of carbonyl (C=O) groups is 3. The molecule has 2 heterocycles. The fourth-order valence-corrected chi connectivity index (χ4v) is 7.65. The second-order valence-corrected chi connectivity index (χ2v) is 15.7. The monoisotopic (exact) mass is 852 g/mol. The molecule has 2 aliphatic rings. The molecule has 62 heavy (non-hydrogen) atoms. The molecule has 0 radical (unpaired) electrons. The van der Waals surface area contributed by atoms with E-state index in [9.17, 15) is 14.4 Å². The highest BCUT2D eigenvalue weighted by molar-refractivity contribution is 5.90. The van der Waals surface area contributed by atoms with E-state index in [1.807, 2.05) is 66.7 Å². The first-order valence-electron chi connectivity index (χ1n) is 21.8. The third kappa shape index (κ3) is 13.3. The maximum absolute atomic E-state index is 13.8. The van der Waals surface area contributed by atoms with E-state index < -0.39 is 79.3 Å². The van der Waals surface area contributed by atoms with E-state index in [1.54, 1.807) is 68.4 Å². The zero-order valence-electron chi connectivity index (χ0n) is 36.1. The number of benzene rings is 4. The summed E-state index contributed by atoms with van der Waals surface area (Å²) >= 11 is 0. The molecule has 6 rings (SSSR count). The second kappa shape index (κ2) is 24.0. The normalized spacial score (nSPS) is 26.0. The lowest BCUT2D eigenvalue weighted by molar-refractivity contribution is -0.363. The average Bonchev–Trinajstić information content (AvgIpc) is 3.29. The highest BCUT2D eigenvalue weighted by Crippen LogP contribution is 2.36. The van der Waals surface area contributed by atoms with Gasteiger partial charge in [-0.05, 0) is 55.7 Å². The molecule has 0 aromatic heterocycles.